The zero-order valence-electron chi connectivity index (χ0n) is 11.9. The number of alkyl halides is 1. The van der Waals surface area contributed by atoms with Crippen molar-refractivity contribution < 1.29 is 9.18 Å². The predicted molar refractivity (Wildman–Crippen MR) is 81.9 cm³/mol. The number of nitrogens with one attached hydrogen (secondary N) is 1. The number of carbonyl (C=O) groups excluding carboxylic acids is 1. The molecule has 1 aliphatic rings. The highest BCUT2D eigenvalue weighted by Crippen LogP contribution is 2.20. The van der Waals surface area contributed by atoms with E-state index in [1.165, 1.54) is 0 Å². The van der Waals surface area contributed by atoms with Crippen LogP contribution in [0.4, 0.5) is 4.39 Å². The smallest absolute Gasteiger partial charge is 0.251 e. The van der Waals surface area contributed by atoms with Crippen molar-refractivity contribution in [2.24, 2.45) is 0 Å². The van der Waals surface area contributed by atoms with Crippen LogP contribution in [0.5, 0.6) is 0 Å². The van der Waals surface area contributed by atoms with Crippen LogP contribution in [0.15, 0.2) is 16.6 Å². The molecule has 110 valence electrons. The summed E-state index contributed by atoms with van der Waals surface area (Å²) in [4.78, 5) is 14.3. The van der Waals surface area contributed by atoms with E-state index in [1.54, 1.807) is 0 Å². The van der Waals surface area contributed by atoms with Crippen LogP contribution in [-0.4, -0.2) is 43.2 Å². The summed E-state index contributed by atoms with van der Waals surface area (Å²) in [6.45, 7) is 6.41. The number of rotatable bonds is 4. The van der Waals surface area contributed by atoms with E-state index in [9.17, 15) is 9.18 Å². The summed E-state index contributed by atoms with van der Waals surface area (Å²) in [7, 11) is 0. The minimum atomic E-state index is -0.707. The van der Waals surface area contributed by atoms with Gasteiger partial charge in [0.15, 0.2) is 0 Å². The lowest BCUT2D eigenvalue weighted by Crippen LogP contribution is -2.34. The van der Waals surface area contributed by atoms with Gasteiger partial charge in [-0.05, 0) is 43.5 Å². The van der Waals surface area contributed by atoms with Crippen LogP contribution in [0.3, 0.4) is 0 Å². The fourth-order valence-electron chi connectivity index (χ4n) is 2.67. The maximum Gasteiger partial charge on any atom is 0.251 e. The number of amides is 1. The molecular formula is C15H20BrFN2O. The molecule has 0 aromatic heterocycles. The molecule has 1 atom stereocenters. The van der Waals surface area contributed by atoms with Crippen molar-refractivity contribution in [2.45, 2.75) is 26.4 Å². The molecule has 0 unspecified atom stereocenters. The average Bonchev–Trinajstić information content (AvgIpc) is 2.73. The molecule has 3 nitrogen and oxygen atoms in total. The van der Waals surface area contributed by atoms with Crippen molar-refractivity contribution >= 4 is 21.8 Å². The maximum absolute atomic E-state index is 13.0. The van der Waals surface area contributed by atoms with Gasteiger partial charge in [-0.15, -0.1) is 0 Å². The molecule has 0 bridgehead atoms. The standard InChI is InChI=1S/C15H20BrFN2O/c1-10-7-12(16)8-11(2)14(10)15(20)18-4-6-19-5-3-13(17)9-19/h7-8,13H,3-6,9H2,1-2H3,(H,18,20)/t13-/m0/s1. The molecule has 0 aliphatic carbocycles. The monoisotopic (exact) mass is 342 g/mol. The van der Waals surface area contributed by atoms with Gasteiger partial charge < -0.3 is 5.32 Å². The molecule has 0 spiro atoms. The molecule has 5 heteroatoms. The molecule has 1 heterocycles. The van der Waals surface area contributed by atoms with Crippen molar-refractivity contribution in [1.82, 2.24) is 10.2 Å². The van der Waals surface area contributed by atoms with E-state index >= 15 is 0 Å². The van der Waals surface area contributed by atoms with Crippen LogP contribution in [0.2, 0.25) is 0 Å². The van der Waals surface area contributed by atoms with Gasteiger partial charge in [0.2, 0.25) is 0 Å². The molecule has 1 aliphatic heterocycles. The predicted octanol–water partition coefficient (Wildman–Crippen LogP) is 2.84. The van der Waals surface area contributed by atoms with Crippen molar-refractivity contribution in [1.29, 1.82) is 0 Å². The van der Waals surface area contributed by atoms with Gasteiger partial charge in [-0.2, -0.15) is 0 Å². The lowest BCUT2D eigenvalue weighted by molar-refractivity contribution is 0.0948. The molecule has 1 saturated heterocycles. The number of carbonyl (C=O) groups is 1. The average molecular weight is 343 g/mol. The number of hydrogen-bond acceptors (Lipinski definition) is 2. The van der Waals surface area contributed by atoms with Crippen LogP contribution in [0.1, 0.15) is 27.9 Å². The van der Waals surface area contributed by atoms with Gasteiger partial charge in [0.1, 0.15) is 6.17 Å². The van der Waals surface area contributed by atoms with Crippen molar-refractivity contribution in [3.8, 4) is 0 Å². The highest BCUT2D eigenvalue weighted by atomic mass is 79.9. The second-order valence-electron chi connectivity index (χ2n) is 5.36. The Kier molecular flexibility index (Phi) is 5.16. The summed E-state index contributed by atoms with van der Waals surface area (Å²) in [5, 5.41) is 2.92. The van der Waals surface area contributed by atoms with Crippen molar-refractivity contribution in [2.75, 3.05) is 26.2 Å². The molecule has 1 aromatic rings. The Morgan fingerprint density at radius 2 is 2.10 bits per heavy atom. The van der Waals surface area contributed by atoms with Crippen molar-refractivity contribution in [3.05, 3.63) is 33.3 Å². The zero-order valence-corrected chi connectivity index (χ0v) is 13.5. The SMILES string of the molecule is Cc1cc(Br)cc(C)c1C(=O)NCCN1CC[C@H](F)C1. The second-order valence-corrected chi connectivity index (χ2v) is 6.27. The second kappa shape index (κ2) is 6.68. The molecule has 2 rings (SSSR count). The van der Waals surface area contributed by atoms with E-state index < -0.39 is 6.17 Å². The highest BCUT2D eigenvalue weighted by molar-refractivity contribution is 9.10. The van der Waals surface area contributed by atoms with E-state index in [0.717, 1.165) is 27.7 Å². The Morgan fingerprint density at radius 1 is 1.45 bits per heavy atom. The minimum Gasteiger partial charge on any atom is -0.351 e. The van der Waals surface area contributed by atoms with Gasteiger partial charge in [0.05, 0.1) is 0 Å². The summed E-state index contributed by atoms with van der Waals surface area (Å²) in [6.07, 6.45) is -0.0968. The Morgan fingerprint density at radius 3 is 2.65 bits per heavy atom. The fourth-order valence-corrected chi connectivity index (χ4v) is 3.36. The lowest BCUT2D eigenvalue weighted by atomic mass is 10.0. The molecular weight excluding hydrogens is 323 g/mol. The van der Waals surface area contributed by atoms with E-state index in [4.69, 9.17) is 0 Å². The molecule has 1 aromatic carbocycles. The largest absolute Gasteiger partial charge is 0.351 e. The first-order chi connectivity index (χ1) is 9.47. The van der Waals surface area contributed by atoms with Gasteiger partial charge in [-0.3, -0.25) is 9.69 Å². The lowest BCUT2D eigenvalue weighted by Gasteiger charge is -2.16. The molecule has 1 amide bonds. The molecule has 20 heavy (non-hydrogen) atoms. The first kappa shape index (κ1) is 15.4. The number of nitrogens with zero attached hydrogens (tertiary/aromatic N) is 1. The van der Waals surface area contributed by atoms with E-state index in [1.807, 2.05) is 30.9 Å². The Hall–Kier alpha value is -0.940. The topological polar surface area (TPSA) is 32.3 Å². The summed E-state index contributed by atoms with van der Waals surface area (Å²) in [6, 6.07) is 3.88. The Labute approximate surface area is 127 Å². The summed E-state index contributed by atoms with van der Waals surface area (Å²) in [5.74, 6) is -0.0523. The molecule has 0 radical (unpaired) electrons. The quantitative estimate of drug-likeness (QED) is 0.912. The third-order valence-electron chi connectivity index (χ3n) is 3.65. The minimum absolute atomic E-state index is 0.0523. The maximum atomic E-state index is 13.0. The normalized spacial score (nSPS) is 19.3. The molecule has 1 N–H and O–H groups in total. The first-order valence-electron chi connectivity index (χ1n) is 6.88. The number of benzene rings is 1. The molecule has 0 saturated carbocycles. The summed E-state index contributed by atoms with van der Waals surface area (Å²) < 4.78 is 14.0. The summed E-state index contributed by atoms with van der Waals surface area (Å²) >= 11 is 3.43. The zero-order chi connectivity index (χ0) is 14.7. The van der Waals surface area contributed by atoms with Gasteiger partial charge in [0.25, 0.3) is 5.91 Å². The molecule has 1 fully saturated rings. The van der Waals surface area contributed by atoms with Crippen LogP contribution >= 0.6 is 15.9 Å². The van der Waals surface area contributed by atoms with Crippen molar-refractivity contribution in [3.63, 3.8) is 0 Å². The van der Waals surface area contributed by atoms with E-state index in [0.29, 0.717) is 26.1 Å². The third kappa shape index (κ3) is 3.79. The van der Waals surface area contributed by atoms with Gasteiger partial charge in [-0.25, -0.2) is 4.39 Å². The number of aryl methyl sites for hydroxylation is 2. The fraction of sp³-hybridized carbons (Fsp3) is 0.533. The van der Waals surface area contributed by atoms with Crippen LogP contribution in [0, 0.1) is 13.8 Å². The highest BCUT2D eigenvalue weighted by Gasteiger charge is 2.21. The van der Waals surface area contributed by atoms with Crippen LogP contribution in [-0.2, 0) is 0 Å². The van der Waals surface area contributed by atoms with Gasteiger partial charge >= 0.3 is 0 Å². The number of likely N-dealkylation sites (tertiary alicyclic amines) is 1. The van der Waals surface area contributed by atoms with Crippen LogP contribution in [0.25, 0.3) is 0 Å². The Balaban J connectivity index is 1.89. The Bertz CT molecular complexity index is 484. The van der Waals surface area contributed by atoms with E-state index in [-0.39, 0.29) is 5.91 Å². The number of hydrogen-bond donors (Lipinski definition) is 1. The summed E-state index contributed by atoms with van der Waals surface area (Å²) in [5.41, 5.74) is 2.65. The van der Waals surface area contributed by atoms with Gasteiger partial charge in [0, 0.05) is 36.2 Å². The number of halogens is 2. The van der Waals surface area contributed by atoms with Gasteiger partial charge in [-0.1, -0.05) is 15.9 Å². The third-order valence-corrected chi connectivity index (χ3v) is 4.11. The first-order valence-corrected chi connectivity index (χ1v) is 7.68. The van der Waals surface area contributed by atoms with Crippen LogP contribution < -0.4 is 5.32 Å². The van der Waals surface area contributed by atoms with E-state index in [2.05, 4.69) is 21.2 Å².